The van der Waals surface area contributed by atoms with Gasteiger partial charge in [0.1, 0.15) is 0 Å². The Balaban J connectivity index is 2.36. The van der Waals surface area contributed by atoms with E-state index in [9.17, 15) is 0 Å². The summed E-state index contributed by atoms with van der Waals surface area (Å²) in [7, 11) is 0. The van der Waals surface area contributed by atoms with Crippen LogP contribution in [-0.2, 0) is 22.7 Å². The first-order valence-corrected chi connectivity index (χ1v) is 7.10. The van der Waals surface area contributed by atoms with E-state index in [4.69, 9.17) is 9.47 Å². The first-order chi connectivity index (χ1) is 8.88. The zero-order chi connectivity index (χ0) is 13.1. The maximum atomic E-state index is 5.67. The van der Waals surface area contributed by atoms with Crippen LogP contribution in [-0.4, -0.2) is 13.2 Å². The Labute approximate surface area is 111 Å². The molecule has 0 aliphatic heterocycles. The molecule has 1 aromatic carbocycles. The highest BCUT2D eigenvalue weighted by Gasteiger charge is 2.02. The molecule has 0 N–H and O–H groups in total. The molecule has 0 saturated heterocycles. The van der Waals surface area contributed by atoms with Crippen LogP contribution < -0.4 is 0 Å². The van der Waals surface area contributed by atoms with Crippen molar-refractivity contribution in [3.8, 4) is 0 Å². The van der Waals surface area contributed by atoms with Crippen molar-refractivity contribution in [2.45, 2.75) is 52.7 Å². The topological polar surface area (TPSA) is 18.5 Å². The molecule has 2 heteroatoms. The molecule has 0 bridgehead atoms. The van der Waals surface area contributed by atoms with E-state index in [1.165, 1.54) is 24.0 Å². The van der Waals surface area contributed by atoms with E-state index in [-0.39, 0.29) is 0 Å². The lowest BCUT2D eigenvalue weighted by atomic mass is 10.1. The highest BCUT2D eigenvalue weighted by atomic mass is 16.5. The van der Waals surface area contributed by atoms with Crippen LogP contribution >= 0.6 is 0 Å². The molecule has 0 amide bonds. The van der Waals surface area contributed by atoms with Gasteiger partial charge in [-0.25, -0.2) is 0 Å². The third-order valence-corrected chi connectivity index (χ3v) is 2.92. The van der Waals surface area contributed by atoms with Gasteiger partial charge in [0.2, 0.25) is 0 Å². The van der Waals surface area contributed by atoms with Crippen molar-refractivity contribution in [3.63, 3.8) is 0 Å². The average Bonchev–Trinajstić information content (AvgIpc) is 2.41. The molecule has 1 aromatic rings. The normalized spacial score (nSPS) is 10.8. The van der Waals surface area contributed by atoms with Crippen molar-refractivity contribution in [2.75, 3.05) is 13.2 Å². The Hall–Kier alpha value is -0.860. The van der Waals surface area contributed by atoms with Gasteiger partial charge in [0.05, 0.1) is 13.2 Å². The molecule has 0 heterocycles. The van der Waals surface area contributed by atoms with Crippen molar-refractivity contribution in [2.24, 2.45) is 0 Å². The fourth-order valence-electron chi connectivity index (χ4n) is 1.70. The van der Waals surface area contributed by atoms with Gasteiger partial charge in [0.15, 0.2) is 0 Å². The SMILES string of the molecule is CCCCOCc1ccccc1COCCCC. The molecular weight excluding hydrogens is 224 g/mol. The molecule has 0 atom stereocenters. The van der Waals surface area contributed by atoms with Gasteiger partial charge in [-0.1, -0.05) is 51.0 Å². The minimum absolute atomic E-state index is 0.702. The van der Waals surface area contributed by atoms with Crippen LogP contribution in [0, 0.1) is 0 Å². The molecule has 0 aromatic heterocycles. The van der Waals surface area contributed by atoms with E-state index in [2.05, 4.69) is 38.1 Å². The van der Waals surface area contributed by atoms with Crippen LogP contribution in [0.2, 0.25) is 0 Å². The molecular formula is C16H26O2. The predicted octanol–water partition coefficient (Wildman–Crippen LogP) is 4.32. The molecule has 102 valence electrons. The second kappa shape index (κ2) is 10.1. The summed E-state index contributed by atoms with van der Waals surface area (Å²) < 4.78 is 11.3. The van der Waals surface area contributed by atoms with Crippen molar-refractivity contribution < 1.29 is 9.47 Å². The predicted molar refractivity (Wildman–Crippen MR) is 75.6 cm³/mol. The second-order valence-electron chi connectivity index (χ2n) is 4.58. The number of ether oxygens (including phenoxy) is 2. The van der Waals surface area contributed by atoms with Gasteiger partial charge in [-0.3, -0.25) is 0 Å². The lowest BCUT2D eigenvalue weighted by Gasteiger charge is -2.10. The third-order valence-electron chi connectivity index (χ3n) is 2.92. The van der Waals surface area contributed by atoms with Crippen molar-refractivity contribution >= 4 is 0 Å². The molecule has 0 unspecified atom stereocenters. The van der Waals surface area contributed by atoms with Gasteiger partial charge in [0, 0.05) is 13.2 Å². The van der Waals surface area contributed by atoms with E-state index in [1.54, 1.807) is 0 Å². The van der Waals surface area contributed by atoms with E-state index < -0.39 is 0 Å². The van der Waals surface area contributed by atoms with Crippen molar-refractivity contribution in [1.82, 2.24) is 0 Å². The lowest BCUT2D eigenvalue weighted by molar-refractivity contribution is 0.104. The maximum Gasteiger partial charge on any atom is 0.0720 e. The van der Waals surface area contributed by atoms with E-state index >= 15 is 0 Å². The molecule has 2 nitrogen and oxygen atoms in total. The smallest absolute Gasteiger partial charge is 0.0720 e. The minimum atomic E-state index is 0.702. The van der Waals surface area contributed by atoms with E-state index in [0.717, 1.165) is 26.1 Å². The second-order valence-corrected chi connectivity index (χ2v) is 4.58. The van der Waals surface area contributed by atoms with E-state index in [1.807, 2.05) is 0 Å². The van der Waals surface area contributed by atoms with E-state index in [0.29, 0.717) is 13.2 Å². The first-order valence-electron chi connectivity index (χ1n) is 7.10. The lowest BCUT2D eigenvalue weighted by Crippen LogP contribution is -2.02. The molecule has 18 heavy (non-hydrogen) atoms. The number of hydrogen-bond acceptors (Lipinski definition) is 2. The number of hydrogen-bond donors (Lipinski definition) is 0. The molecule has 0 fully saturated rings. The summed E-state index contributed by atoms with van der Waals surface area (Å²) in [5.41, 5.74) is 2.51. The van der Waals surface area contributed by atoms with Crippen molar-refractivity contribution in [3.05, 3.63) is 35.4 Å². The minimum Gasteiger partial charge on any atom is -0.377 e. The van der Waals surface area contributed by atoms with Gasteiger partial charge >= 0.3 is 0 Å². The summed E-state index contributed by atoms with van der Waals surface area (Å²) in [6, 6.07) is 8.39. The number of benzene rings is 1. The Morgan fingerprint density at radius 3 is 1.61 bits per heavy atom. The fraction of sp³-hybridized carbons (Fsp3) is 0.625. The fourth-order valence-corrected chi connectivity index (χ4v) is 1.70. The Morgan fingerprint density at radius 1 is 0.778 bits per heavy atom. The summed E-state index contributed by atoms with van der Waals surface area (Å²) >= 11 is 0. The zero-order valence-electron chi connectivity index (χ0n) is 11.8. The summed E-state index contributed by atoms with van der Waals surface area (Å²) in [5, 5.41) is 0. The van der Waals surface area contributed by atoms with Crippen LogP contribution in [0.5, 0.6) is 0 Å². The average molecular weight is 250 g/mol. The Bertz CT molecular complexity index is 279. The largest absolute Gasteiger partial charge is 0.377 e. The Kier molecular flexibility index (Phi) is 8.53. The quantitative estimate of drug-likeness (QED) is 0.576. The van der Waals surface area contributed by atoms with Crippen LogP contribution in [0.4, 0.5) is 0 Å². The molecule has 0 spiro atoms. The maximum absolute atomic E-state index is 5.67. The van der Waals surface area contributed by atoms with Crippen LogP contribution in [0.15, 0.2) is 24.3 Å². The standard InChI is InChI=1S/C16H26O2/c1-3-5-11-17-13-15-9-7-8-10-16(15)14-18-12-6-4-2/h7-10H,3-6,11-14H2,1-2H3. The Morgan fingerprint density at radius 2 is 1.22 bits per heavy atom. The number of unbranched alkanes of at least 4 members (excludes halogenated alkanes) is 2. The van der Waals surface area contributed by atoms with Crippen LogP contribution in [0.25, 0.3) is 0 Å². The molecule has 0 saturated carbocycles. The third kappa shape index (κ3) is 6.18. The molecule has 1 rings (SSSR count). The van der Waals surface area contributed by atoms with Crippen LogP contribution in [0.1, 0.15) is 50.7 Å². The van der Waals surface area contributed by atoms with Gasteiger partial charge < -0.3 is 9.47 Å². The summed E-state index contributed by atoms with van der Waals surface area (Å²) in [6.45, 7) is 7.46. The molecule has 0 aliphatic carbocycles. The molecule has 0 radical (unpaired) electrons. The highest BCUT2D eigenvalue weighted by Crippen LogP contribution is 2.12. The highest BCUT2D eigenvalue weighted by molar-refractivity contribution is 5.25. The van der Waals surface area contributed by atoms with Crippen LogP contribution in [0.3, 0.4) is 0 Å². The zero-order valence-corrected chi connectivity index (χ0v) is 11.8. The number of rotatable bonds is 10. The summed E-state index contributed by atoms with van der Waals surface area (Å²) in [5.74, 6) is 0. The van der Waals surface area contributed by atoms with Gasteiger partial charge in [0.25, 0.3) is 0 Å². The summed E-state index contributed by atoms with van der Waals surface area (Å²) in [6.07, 6.45) is 4.63. The first kappa shape index (κ1) is 15.2. The summed E-state index contributed by atoms with van der Waals surface area (Å²) in [4.78, 5) is 0. The van der Waals surface area contributed by atoms with Crippen molar-refractivity contribution in [1.29, 1.82) is 0 Å². The van der Waals surface area contributed by atoms with Gasteiger partial charge in [-0.05, 0) is 24.0 Å². The molecule has 0 aliphatic rings. The monoisotopic (exact) mass is 250 g/mol. The van der Waals surface area contributed by atoms with Gasteiger partial charge in [-0.15, -0.1) is 0 Å². The van der Waals surface area contributed by atoms with Gasteiger partial charge in [-0.2, -0.15) is 0 Å².